The molecule has 0 amide bonds. The molecule has 0 aromatic carbocycles. The predicted octanol–water partition coefficient (Wildman–Crippen LogP) is 3.49. The summed E-state index contributed by atoms with van der Waals surface area (Å²) in [6.45, 7) is 3.75. The van der Waals surface area contributed by atoms with Crippen LogP contribution in [0.4, 0.5) is 11.6 Å². The number of aromatic nitrogens is 2. The fraction of sp³-hybridized carbons (Fsp3) is 0.385. The van der Waals surface area contributed by atoms with Crippen molar-refractivity contribution in [2.75, 3.05) is 24.3 Å². The summed E-state index contributed by atoms with van der Waals surface area (Å²) in [5, 5.41) is 8.40. The molecule has 7 heteroatoms. The van der Waals surface area contributed by atoms with Crippen molar-refractivity contribution < 1.29 is 4.74 Å². The molecule has 0 fully saturated rings. The third-order valence-electron chi connectivity index (χ3n) is 2.58. The monoisotopic (exact) mass is 356 g/mol. The lowest BCUT2D eigenvalue weighted by atomic mass is 10.4. The first-order valence-electron chi connectivity index (χ1n) is 6.32. The first kappa shape index (κ1) is 15.2. The third-order valence-corrected chi connectivity index (χ3v) is 4.51. The van der Waals surface area contributed by atoms with E-state index < -0.39 is 0 Å². The van der Waals surface area contributed by atoms with Gasteiger partial charge in [0, 0.05) is 29.1 Å². The molecule has 2 rings (SSSR count). The van der Waals surface area contributed by atoms with Gasteiger partial charge in [-0.15, -0.1) is 11.3 Å². The fourth-order valence-electron chi connectivity index (χ4n) is 1.60. The number of hydrogen-bond donors (Lipinski definition) is 2. The van der Waals surface area contributed by atoms with Gasteiger partial charge in [0.25, 0.3) is 0 Å². The summed E-state index contributed by atoms with van der Waals surface area (Å²) in [4.78, 5) is 10.0. The average Bonchev–Trinajstić information content (AvgIpc) is 2.88. The molecule has 108 valence electrons. The van der Waals surface area contributed by atoms with Crippen molar-refractivity contribution in [2.45, 2.75) is 20.1 Å². The summed E-state index contributed by atoms with van der Waals surface area (Å²) in [6, 6.07) is 3.93. The van der Waals surface area contributed by atoms with Crippen LogP contribution in [-0.4, -0.2) is 23.6 Å². The highest BCUT2D eigenvalue weighted by atomic mass is 79.9. The van der Waals surface area contributed by atoms with Crippen molar-refractivity contribution in [2.24, 2.45) is 0 Å². The molecular weight excluding hydrogens is 340 g/mol. The molecule has 0 atom stereocenters. The largest absolute Gasteiger partial charge is 0.374 e. The van der Waals surface area contributed by atoms with Crippen molar-refractivity contribution in [1.82, 2.24) is 9.97 Å². The molecule has 2 heterocycles. The fourth-order valence-corrected chi connectivity index (χ4v) is 3.03. The van der Waals surface area contributed by atoms with E-state index in [1.807, 2.05) is 26.1 Å². The molecule has 0 bridgehead atoms. The van der Waals surface area contributed by atoms with Crippen LogP contribution in [0.5, 0.6) is 0 Å². The maximum atomic E-state index is 5.36. The van der Waals surface area contributed by atoms with Crippen LogP contribution in [0.25, 0.3) is 0 Å². The number of ether oxygens (including phenoxy) is 1. The Hall–Kier alpha value is -1.18. The van der Waals surface area contributed by atoms with Gasteiger partial charge in [0.2, 0.25) is 0 Å². The molecule has 0 aliphatic heterocycles. The molecule has 2 N–H and O–H groups in total. The quantitative estimate of drug-likeness (QED) is 0.794. The third kappa shape index (κ3) is 4.16. The SMILES string of the molecule is CCOCc1nc(NC)cc(NCc2sccc2Br)n1. The summed E-state index contributed by atoms with van der Waals surface area (Å²) in [7, 11) is 1.84. The van der Waals surface area contributed by atoms with Crippen LogP contribution < -0.4 is 10.6 Å². The van der Waals surface area contributed by atoms with Crippen LogP contribution in [0.3, 0.4) is 0 Å². The van der Waals surface area contributed by atoms with Gasteiger partial charge in [-0.2, -0.15) is 0 Å². The second-order valence-electron chi connectivity index (χ2n) is 3.99. The molecule has 0 radical (unpaired) electrons. The Labute approximate surface area is 130 Å². The minimum atomic E-state index is 0.420. The molecule has 2 aromatic rings. The van der Waals surface area contributed by atoms with Crippen molar-refractivity contribution in [3.63, 3.8) is 0 Å². The average molecular weight is 357 g/mol. The number of anilines is 2. The van der Waals surface area contributed by atoms with Crippen LogP contribution in [0.15, 0.2) is 22.0 Å². The Bertz CT molecular complexity index is 561. The highest BCUT2D eigenvalue weighted by molar-refractivity contribution is 9.10. The molecule has 0 aliphatic rings. The number of hydrogen-bond acceptors (Lipinski definition) is 6. The number of thiophene rings is 1. The standard InChI is InChI=1S/C13H17BrN4OS/c1-3-19-8-13-17-11(15-2)6-12(18-13)16-7-10-9(14)4-5-20-10/h4-6H,3,7-8H2,1-2H3,(H2,15,16,17,18). The van der Waals surface area contributed by atoms with Crippen molar-refractivity contribution in [1.29, 1.82) is 0 Å². The maximum absolute atomic E-state index is 5.36. The molecule has 0 spiro atoms. The molecule has 5 nitrogen and oxygen atoms in total. The predicted molar refractivity (Wildman–Crippen MR) is 86.3 cm³/mol. The van der Waals surface area contributed by atoms with Gasteiger partial charge < -0.3 is 15.4 Å². The van der Waals surface area contributed by atoms with Gasteiger partial charge in [0.05, 0.1) is 6.54 Å². The molecule has 0 saturated carbocycles. The van der Waals surface area contributed by atoms with Crippen molar-refractivity contribution >= 4 is 38.9 Å². The Morgan fingerprint density at radius 2 is 2.15 bits per heavy atom. The lowest BCUT2D eigenvalue weighted by Crippen LogP contribution is -2.07. The van der Waals surface area contributed by atoms with Crippen LogP contribution in [0, 0.1) is 0 Å². The van der Waals surface area contributed by atoms with E-state index in [1.54, 1.807) is 11.3 Å². The highest BCUT2D eigenvalue weighted by Crippen LogP contribution is 2.23. The second-order valence-corrected chi connectivity index (χ2v) is 5.84. The van der Waals surface area contributed by atoms with Crippen LogP contribution >= 0.6 is 27.3 Å². The first-order valence-corrected chi connectivity index (χ1v) is 7.99. The molecule has 0 saturated heterocycles. The van der Waals surface area contributed by atoms with E-state index in [-0.39, 0.29) is 0 Å². The Balaban J connectivity index is 2.07. The summed E-state index contributed by atoms with van der Waals surface area (Å²) < 4.78 is 6.48. The van der Waals surface area contributed by atoms with Gasteiger partial charge in [-0.3, -0.25) is 0 Å². The van der Waals surface area contributed by atoms with Crippen molar-refractivity contribution in [3.8, 4) is 0 Å². The molecule has 20 heavy (non-hydrogen) atoms. The van der Waals surface area contributed by atoms with E-state index in [9.17, 15) is 0 Å². The Kier molecular flexibility index (Phi) is 5.75. The summed E-state index contributed by atoms with van der Waals surface area (Å²) >= 11 is 5.23. The number of halogens is 1. The summed E-state index contributed by atoms with van der Waals surface area (Å²) in [6.07, 6.45) is 0. The number of nitrogens with one attached hydrogen (secondary N) is 2. The van der Waals surface area contributed by atoms with Gasteiger partial charge in [0.1, 0.15) is 18.2 Å². The van der Waals surface area contributed by atoms with Crippen LogP contribution in [-0.2, 0) is 17.9 Å². The molecule has 0 aliphatic carbocycles. The van der Waals surface area contributed by atoms with Gasteiger partial charge in [-0.05, 0) is 34.3 Å². The van der Waals surface area contributed by atoms with Gasteiger partial charge in [-0.1, -0.05) is 0 Å². The zero-order valence-corrected chi connectivity index (χ0v) is 13.8. The summed E-state index contributed by atoms with van der Waals surface area (Å²) in [5.41, 5.74) is 0. The Morgan fingerprint density at radius 3 is 2.80 bits per heavy atom. The number of nitrogens with zero attached hydrogens (tertiary/aromatic N) is 2. The maximum Gasteiger partial charge on any atom is 0.158 e. The lowest BCUT2D eigenvalue weighted by molar-refractivity contribution is 0.128. The van der Waals surface area contributed by atoms with E-state index in [4.69, 9.17) is 4.74 Å². The van der Waals surface area contributed by atoms with E-state index in [2.05, 4.69) is 41.9 Å². The van der Waals surface area contributed by atoms with Gasteiger partial charge in [0.15, 0.2) is 5.82 Å². The number of rotatable bonds is 7. The van der Waals surface area contributed by atoms with E-state index in [0.717, 1.165) is 22.7 Å². The smallest absolute Gasteiger partial charge is 0.158 e. The van der Waals surface area contributed by atoms with Crippen LogP contribution in [0.2, 0.25) is 0 Å². The molecular formula is C13H17BrN4OS. The van der Waals surface area contributed by atoms with E-state index in [1.165, 1.54) is 4.88 Å². The van der Waals surface area contributed by atoms with E-state index in [0.29, 0.717) is 19.0 Å². The topological polar surface area (TPSA) is 59.1 Å². The van der Waals surface area contributed by atoms with Crippen LogP contribution in [0.1, 0.15) is 17.6 Å². The van der Waals surface area contributed by atoms with Gasteiger partial charge >= 0.3 is 0 Å². The Morgan fingerprint density at radius 1 is 1.35 bits per heavy atom. The minimum Gasteiger partial charge on any atom is -0.374 e. The highest BCUT2D eigenvalue weighted by Gasteiger charge is 2.06. The zero-order valence-electron chi connectivity index (χ0n) is 11.4. The second kappa shape index (κ2) is 7.56. The summed E-state index contributed by atoms with van der Waals surface area (Å²) in [5.74, 6) is 2.24. The lowest BCUT2D eigenvalue weighted by Gasteiger charge is -2.09. The van der Waals surface area contributed by atoms with Crippen molar-refractivity contribution in [3.05, 3.63) is 32.7 Å². The zero-order chi connectivity index (χ0) is 14.4. The van der Waals surface area contributed by atoms with Gasteiger partial charge in [-0.25, -0.2) is 9.97 Å². The minimum absolute atomic E-state index is 0.420. The molecule has 2 aromatic heterocycles. The normalized spacial score (nSPS) is 10.6. The first-order chi connectivity index (χ1) is 9.72. The van der Waals surface area contributed by atoms with E-state index >= 15 is 0 Å². The molecule has 0 unspecified atom stereocenters.